The molecule has 1 N–H and O–H groups in total. The first kappa shape index (κ1) is 10.2. The van der Waals surface area contributed by atoms with Crippen LogP contribution in [0.4, 0.5) is 0 Å². The lowest BCUT2D eigenvalue weighted by Crippen LogP contribution is -2.27. The molecule has 2 saturated carbocycles. The van der Waals surface area contributed by atoms with Gasteiger partial charge in [-0.25, -0.2) is 0 Å². The molecular formula is C12H20O2. The van der Waals surface area contributed by atoms with E-state index in [9.17, 15) is 9.90 Å². The van der Waals surface area contributed by atoms with E-state index < -0.39 is 0 Å². The zero-order valence-electron chi connectivity index (χ0n) is 8.74. The van der Waals surface area contributed by atoms with Crippen LogP contribution in [-0.4, -0.2) is 17.0 Å². The van der Waals surface area contributed by atoms with E-state index in [0.717, 1.165) is 50.4 Å². The van der Waals surface area contributed by atoms with Crippen LogP contribution in [-0.2, 0) is 4.79 Å². The zero-order chi connectivity index (χ0) is 9.97. The van der Waals surface area contributed by atoms with Gasteiger partial charge in [0.2, 0.25) is 0 Å². The van der Waals surface area contributed by atoms with Crippen molar-refractivity contribution in [2.75, 3.05) is 0 Å². The first-order valence-electron chi connectivity index (χ1n) is 5.95. The average Bonchev–Trinajstić information content (AvgIpc) is 2.21. The van der Waals surface area contributed by atoms with Gasteiger partial charge in [0.05, 0.1) is 6.10 Å². The van der Waals surface area contributed by atoms with Gasteiger partial charge in [0, 0.05) is 12.8 Å². The predicted octanol–water partition coefficient (Wildman–Crippen LogP) is 2.30. The van der Waals surface area contributed by atoms with Crippen LogP contribution < -0.4 is 0 Å². The van der Waals surface area contributed by atoms with Gasteiger partial charge in [-0.15, -0.1) is 0 Å². The van der Waals surface area contributed by atoms with E-state index in [1.165, 1.54) is 12.8 Å². The van der Waals surface area contributed by atoms with E-state index in [2.05, 4.69) is 0 Å². The molecule has 0 aromatic rings. The number of carbonyl (C=O) groups is 1. The second-order valence-electron chi connectivity index (χ2n) is 4.94. The van der Waals surface area contributed by atoms with Crippen molar-refractivity contribution in [1.29, 1.82) is 0 Å². The van der Waals surface area contributed by atoms with Crippen molar-refractivity contribution in [1.82, 2.24) is 0 Å². The Morgan fingerprint density at radius 2 is 1.36 bits per heavy atom. The summed E-state index contributed by atoms with van der Waals surface area (Å²) < 4.78 is 0. The number of hydrogen-bond acceptors (Lipinski definition) is 2. The Hall–Kier alpha value is -0.370. The molecule has 0 saturated heterocycles. The van der Waals surface area contributed by atoms with E-state index >= 15 is 0 Å². The number of ketones is 1. The summed E-state index contributed by atoms with van der Waals surface area (Å²) >= 11 is 0. The quantitative estimate of drug-likeness (QED) is 0.698. The molecule has 2 nitrogen and oxygen atoms in total. The van der Waals surface area contributed by atoms with E-state index in [-0.39, 0.29) is 6.10 Å². The maximum absolute atomic E-state index is 11.1. The molecule has 0 atom stereocenters. The summed E-state index contributed by atoms with van der Waals surface area (Å²) in [4.78, 5) is 11.1. The van der Waals surface area contributed by atoms with Crippen molar-refractivity contribution in [3.63, 3.8) is 0 Å². The molecule has 2 rings (SSSR count). The standard InChI is InChI=1S/C12H20O2/c13-11-5-1-9(2-6-11)10-3-7-12(14)8-4-10/h9-11,13H,1-8H2/t9-,11-. The molecule has 0 bridgehead atoms. The summed E-state index contributed by atoms with van der Waals surface area (Å²) in [5, 5.41) is 9.41. The van der Waals surface area contributed by atoms with Gasteiger partial charge < -0.3 is 5.11 Å². The largest absolute Gasteiger partial charge is 0.393 e. The lowest BCUT2D eigenvalue weighted by molar-refractivity contribution is -0.121. The van der Waals surface area contributed by atoms with Crippen LogP contribution in [0, 0.1) is 11.8 Å². The van der Waals surface area contributed by atoms with Crippen molar-refractivity contribution >= 4 is 5.78 Å². The number of hydrogen-bond donors (Lipinski definition) is 1. The molecule has 0 heterocycles. The fraction of sp³-hybridized carbons (Fsp3) is 0.917. The molecular weight excluding hydrogens is 176 g/mol. The van der Waals surface area contributed by atoms with Crippen LogP contribution in [0.1, 0.15) is 51.4 Å². The van der Waals surface area contributed by atoms with Gasteiger partial charge in [0.1, 0.15) is 5.78 Å². The summed E-state index contributed by atoms with van der Waals surface area (Å²) in [5.41, 5.74) is 0. The second-order valence-corrected chi connectivity index (χ2v) is 4.94. The highest BCUT2D eigenvalue weighted by Crippen LogP contribution is 2.37. The van der Waals surface area contributed by atoms with Crippen LogP contribution in [0.15, 0.2) is 0 Å². The first-order valence-corrected chi connectivity index (χ1v) is 5.95. The topological polar surface area (TPSA) is 37.3 Å². The molecule has 14 heavy (non-hydrogen) atoms. The molecule has 0 radical (unpaired) electrons. The molecule has 2 aliphatic carbocycles. The first-order chi connectivity index (χ1) is 6.75. The maximum Gasteiger partial charge on any atom is 0.132 e. The van der Waals surface area contributed by atoms with E-state index in [1.54, 1.807) is 0 Å². The average molecular weight is 196 g/mol. The van der Waals surface area contributed by atoms with Crippen molar-refractivity contribution in [3.05, 3.63) is 0 Å². The molecule has 0 spiro atoms. The molecule has 80 valence electrons. The zero-order valence-corrected chi connectivity index (χ0v) is 8.74. The molecule has 0 aliphatic heterocycles. The minimum atomic E-state index is -0.0449. The molecule has 0 aromatic heterocycles. The third-order valence-electron chi connectivity index (χ3n) is 4.00. The van der Waals surface area contributed by atoms with Crippen molar-refractivity contribution < 1.29 is 9.90 Å². The van der Waals surface area contributed by atoms with Gasteiger partial charge in [0.25, 0.3) is 0 Å². The van der Waals surface area contributed by atoms with Crippen LogP contribution in [0.5, 0.6) is 0 Å². The third kappa shape index (κ3) is 2.35. The molecule has 0 aromatic carbocycles. The fourth-order valence-corrected chi connectivity index (χ4v) is 3.01. The summed E-state index contributed by atoms with van der Waals surface area (Å²) in [7, 11) is 0. The van der Waals surface area contributed by atoms with Gasteiger partial charge in [-0.1, -0.05) is 0 Å². The lowest BCUT2D eigenvalue weighted by atomic mass is 9.73. The minimum absolute atomic E-state index is 0.0449. The van der Waals surface area contributed by atoms with Gasteiger partial charge in [-0.2, -0.15) is 0 Å². The highest BCUT2D eigenvalue weighted by atomic mass is 16.3. The minimum Gasteiger partial charge on any atom is -0.393 e. The van der Waals surface area contributed by atoms with E-state index in [0.29, 0.717) is 5.78 Å². The predicted molar refractivity (Wildman–Crippen MR) is 54.9 cm³/mol. The Balaban J connectivity index is 1.81. The Morgan fingerprint density at radius 3 is 1.93 bits per heavy atom. The highest BCUT2D eigenvalue weighted by Gasteiger charge is 2.29. The highest BCUT2D eigenvalue weighted by molar-refractivity contribution is 5.79. The molecule has 2 aliphatic rings. The Labute approximate surface area is 85.7 Å². The molecule has 0 amide bonds. The van der Waals surface area contributed by atoms with Gasteiger partial charge in [-0.3, -0.25) is 4.79 Å². The Kier molecular flexibility index (Phi) is 3.22. The number of aliphatic hydroxyl groups excluding tert-OH is 1. The summed E-state index contributed by atoms with van der Waals surface area (Å²) in [6.07, 6.45) is 8.12. The molecule has 2 heteroatoms. The molecule has 0 unspecified atom stereocenters. The maximum atomic E-state index is 11.1. The van der Waals surface area contributed by atoms with E-state index in [1.807, 2.05) is 0 Å². The number of aliphatic hydroxyl groups is 1. The normalized spacial score (nSPS) is 35.9. The van der Waals surface area contributed by atoms with Crippen molar-refractivity contribution in [2.45, 2.75) is 57.5 Å². The third-order valence-corrected chi connectivity index (χ3v) is 4.00. The van der Waals surface area contributed by atoms with Gasteiger partial charge >= 0.3 is 0 Å². The van der Waals surface area contributed by atoms with Crippen LogP contribution in [0.3, 0.4) is 0 Å². The van der Waals surface area contributed by atoms with E-state index in [4.69, 9.17) is 0 Å². The summed E-state index contributed by atoms with van der Waals surface area (Å²) in [6, 6.07) is 0. The van der Waals surface area contributed by atoms with Gasteiger partial charge in [-0.05, 0) is 50.4 Å². The smallest absolute Gasteiger partial charge is 0.132 e. The summed E-state index contributed by atoms with van der Waals surface area (Å²) in [6.45, 7) is 0. The second kappa shape index (κ2) is 4.43. The SMILES string of the molecule is O=C1CCC([C@H]2CC[C@H](O)CC2)CC1. The van der Waals surface area contributed by atoms with Crippen molar-refractivity contribution in [3.8, 4) is 0 Å². The van der Waals surface area contributed by atoms with Gasteiger partial charge in [0.15, 0.2) is 0 Å². The fourth-order valence-electron chi connectivity index (χ4n) is 3.01. The van der Waals surface area contributed by atoms with Crippen molar-refractivity contribution in [2.24, 2.45) is 11.8 Å². The van der Waals surface area contributed by atoms with Crippen LogP contribution >= 0.6 is 0 Å². The lowest BCUT2D eigenvalue weighted by Gasteiger charge is -2.34. The Morgan fingerprint density at radius 1 is 0.857 bits per heavy atom. The Bertz CT molecular complexity index is 194. The number of carbonyl (C=O) groups excluding carboxylic acids is 1. The van der Waals surface area contributed by atoms with Crippen LogP contribution in [0.2, 0.25) is 0 Å². The monoisotopic (exact) mass is 196 g/mol. The summed E-state index contributed by atoms with van der Waals surface area (Å²) in [5.74, 6) is 2.03. The number of Topliss-reactive ketones (excluding diaryl/α,β-unsaturated/α-hetero) is 1. The molecule has 2 fully saturated rings. The number of rotatable bonds is 1. The van der Waals surface area contributed by atoms with Crippen LogP contribution in [0.25, 0.3) is 0 Å².